The highest BCUT2D eigenvalue weighted by Gasteiger charge is 2.43. The van der Waals surface area contributed by atoms with Crippen molar-refractivity contribution < 1.29 is 25.7 Å². The van der Waals surface area contributed by atoms with Gasteiger partial charge >= 0.3 is 11.9 Å². The summed E-state index contributed by atoms with van der Waals surface area (Å²) in [5.74, 6) is -3.26. The Morgan fingerprint density at radius 1 is 1.11 bits per heavy atom. The van der Waals surface area contributed by atoms with Crippen LogP contribution in [-0.4, -0.2) is 11.9 Å². The highest BCUT2D eigenvalue weighted by Crippen LogP contribution is 2.57. The van der Waals surface area contributed by atoms with Crippen molar-refractivity contribution in [3.63, 3.8) is 0 Å². The van der Waals surface area contributed by atoms with Crippen molar-refractivity contribution in [1.29, 1.82) is 0 Å². The molecule has 0 aliphatic carbocycles. The molecule has 0 aromatic heterocycles. The Kier molecular flexibility index (Phi) is 1.09. The van der Waals surface area contributed by atoms with Gasteiger partial charge in [0.15, 0.2) is 0 Å². The molecule has 0 aromatic rings. The third kappa shape index (κ3) is 1.10. The van der Waals surface area contributed by atoms with Crippen LogP contribution >= 0.6 is 11.4 Å². The fourth-order valence-corrected chi connectivity index (χ4v) is 0.784. The van der Waals surface area contributed by atoms with Gasteiger partial charge in [-0.1, -0.05) is 0 Å². The van der Waals surface area contributed by atoms with Crippen LogP contribution in [0.15, 0.2) is 0 Å². The van der Waals surface area contributed by atoms with E-state index < -0.39 is 23.3 Å². The maximum Gasteiger partial charge on any atom is 0.445 e. The van der Waals surface area contributed by atoms with Gasteiger partial charge < -0.3 is 0 Å². The quantitative estimate of drug-likeness (QED) is 0.481. The van der Waals surface area contributed by atoms with Crippen LogP contribution in [0.3, 0.4) is 0 Å². The molecule has 1 saturated heterocycles. The average Bonchev–Trinajstić information content (AvgIpc) is 1.79. The predicted molar refractivity (Wildman–Crippen MR) is 22.0 cm³/mol. The van der Waals surface area contributed by atoms with Gasteiger partial charge in [-0.25, -0.2) is 9.59 Å². The van der Waals surface area contributed by atoms with Crippen LogP contribution in [0.5, 0.6) is 0 Å². The normalized spacial score (nSPS) is 26.9. The molecular weight excluding hydrogens is 158 g/mol. The van der Waals surface area contributed by atoms with Crippen molar-refractivity contribution in [2.75, 3.05) is 0 Å². The van der Waals surface area contributed by atoms with Gasteiger partial charge in [0.1, 0.15) is 0 Å². The summed E-state index contributed by atoms with van der Waals surface area (Å²) < 4.78 is 29.7. The molecule has 0 aromatic carbocycles. The molecule has 52 valence electrons. The van der Waals surface area contributed by atoms with Crippen molar-refractivity contribution >= 4 is 23.3 Å². The summed E-state index contributed by atoms with van der Waals surface area (Å²) in [6.07, 6.45) is 0. The Morgan fingerprint density at radius 3 is 1.56 bits per heavy atom. The minimum Gasteiger partial charge on any atom is -0.280 e. The topological polar surface area (TPSA) is 52.6 Å². The molecule has 1 aliphatic rings. The highest BCUT2D eigenvalue weighted by atomic mass is 32.3. The second-order valence-electron chi connectivity index (χ2n) is 1.12. The number of halogens is 2. The smallest absolute Gasteiger partial charge is 0.280 e. The zero-order valence-electron chi connectivity index (χ0n) is 3.80. The number of hydrogen-bond acceptors (Lipinski definition) is 4. The van der Waals surface area contributed by atoms with Crippen molar-refractivity contribution in [1.82, 2.24) is 0 Å². The number of carbonyl (C=O) groups excluding carboxylic acids is 2. The van der Waals surface area contributed by atoms with Crippen LogP contribution in [0, 0.1) is 0 Å². The van der Waals surface area contributed by atoms with E-state index >= 15 is 0 Å². The summed E-state index contributed by atoms with van der Waals surface area (Å²) in [7, 11) is 0. The summed E-state index contributed by atoms with van der Waals surface area (Å²) in [6, 6.07) is 0. The summed E-state index contributed by atoms with van der Waals surface area (Å²) in [5.41, 5.74) is 0. The molecule has 0 radical (unpaired) electrons. The van der Waals surface area contributed by atoms with E-state index in [1.807, 2.05) is 0 Å². The first kappa shape index (κ1) is 6.27. The van der Waals surface area contributed by atoms with Gasteiger partial charge in [-0.3, -0.25) is 8.37 Å². The van der Waals surface area contributed by atoms with Crippen molar-refractivity contribution in [3.05, 3.63) is 0 Å². The zero-order chi connectivity index (χ0) is 7.07. The molecule has 0 bridgehead atoms. The van der Waals surface area contributed by atoms with E-state index in [0.717, 1.165) is 0 Å². The van der Waals surface area contributed by atoms with Crippen molar-refractivity contribution in [3.8, 4) is 0 Å². The third-order valence-electron chi connectivity index (χ3n) is 0.512. The van der Waals surface area contributed by atoms with Crippen LogP contribution in [-0.2, 0) is 18.0 Å². The van der Waals surface area contributed by atoms with Gasteiger partial charge in [-0.2, -0.15) is 0 Å². The fourth-order valence-electron chi connectivity index (χ4n) is 0.261. The van der Waals surface area contributed by atoms with Crippen LogP contribution < -0.4 is 0 Å². The lowest BCUT2D eigenvalue weighted by Gasteiger charge is -2.09. The van der Waals surface area contributed by atoms with Gasteiger partial charge in [-0.05, 0) is 7.77 Å². The van der Waals surface area contributed by atoms with Gasteiger partial charge in [0.25, 0.3) is 0 Å². The summed E-state index contributed by atoms with van der Waals surface area (Å²) >= 11 is -4.84. The third-order valence-corrected chi connectivity index (χ3v) is 1.20. The van der Waals surface area contributed by atoms with Gasteiger partial charge in [0, 0.05) is 0 Å². The molecule has 0 N–H and O–H groups in total. The second kappa shape index (κ2) is 1.56. The van der Waals surface area contributed by atoms with Crippen LogP contribution in [0.1, 0.15) is 0 Å². The SMILES string of the molecule is O=C1OS(F)(F)OC1=O. The second-order valence-corrected chi connectivity index (χ2v) is 2.21. The maximum absolute atomic E-state index is 11.6. The maximum atomic E-state index is 11.6. The summed E-state index contributed by atoms with van der Waals surface area (Å²) in [4.78, 5) is 19.7. The Balaban J connectivity index is 2.76. The Bertz CT molecular complexity index is 159. The molecule has 1 fully saturated rings. The van der Waals surface area contributed by atoms with Crippen LogP contribution in [0.2, 0.25) is 0 Å². The first-order valence-electron chi connectivity index (χ1n) is 1.71. The van der Waals surface area contributed by atoms with Crippen LogP contribution in [0.4, 0.5) is 7.77 Å². The lowest BCUT2D eigenvalue weighted by molar-refractivity contribution is -0.150. The molecule has 7 heteroatoms. The minimum absolute atomic E-state index is 1.63. The molecule has 0 saturated carbocycles. The molecule has 1 rings (SSSR count). The first-order chi connectivity index (χ1) is 4.01. The lowest BCUT2D eigenvalue weighted by atomic mass is 10.7. The number of hydrogen-bond donors (Lipinski definition) is 0. The molecule has 1 aliphatic heterocycles. The number of carbonyl (C=O) groups is 2. The lowest BCUT2D eigenvalue weighted by Crippen LogP contribution is -2.05. The molecule has 0 atom stereocenters. The van der Waals surface area contributed by atoms with Gasteiger partial charge in [-0.15, -0.1) is 0 Å². The summed E-state index contributed by atoms with van der Waals surface area (Å²) in [6.45, 7) is 0. The van der Waals surface area contributed by atoms with Gasteiger partial charge in [0.2, 0.25) is 11.4 Å². The Morgan fingerprint density at radius 2 is 1.44 bits per heavy atom. The van der Waals surface area contributed by atoms with Crippen molar-refractivity contribution in [2.24, 2.45) is 0 Å². The van der Waals surface area contributed by atoms with E-state index in [2.05, 4.69) is 8.37 Å². The molecule has 1 heterocycles. The van der Waals surface area contributed by atoms with E-state index in [9.17, 15) is 17.4 Å². The van der Waals surface area contributed by atoms with E-state index in [1.165, 1.54) is 0 Å². The Hall–Kier alpha value is -0.850. The molecule has 4 nitrogen and oxygen atoms in total. The largest absolute Gasteiger partial charge is 0.445 e. The monoisotopic (exact) mass is 158 g/mol. The van der Waals surface area contributed by atoms with Crippen LogP contribution in [0.25, 0.3) is 0 Å². The minimum atomic E-state index is -4.84. The number of rotatable bonds is 0. The molecule has 0 amide bonds. The molecule has 0 spiro atoms. The molecule has 0 unspecified atom stereocenters. The molecule has 9 heavy (non-hydrogen) atoms. The van der Waals surface area contributed by atoms with Crippen molar-refractivity contribution in [2.45, 2.75) is 0 Å². The summed E-state index contributed by atoms with van der Waals surface area (Å²) in [5, 5.41) is 0. The van der Waals surface area contributed by atoms with E-state index in [1.54, 1.807) is 0 Å². The van der Waals surface area contributed by atoms with E-state index in [0.29, 0.717) is 0 Å². The standard InChI is InChI=1S/C2F2O4S/c3-9(4)7-1(5)2(6)8-9. The predicted octanol–water partition coefficient (Wildman–Crippen LogP) is 0.490. The van der Waals surface area contributed by atoms with E-state index in [-0.39, 0.29) is 0 Å². The Labute approximate surface area is 50.0 Å². The fraction of sp³-hybridized carbons (Fsp3) is 0. The molecular formula is C2F2O4S. The zero-order valence-corrected chi connectivity index (χ0v) is 4.61. The van der Waals surface area contributed by atoms with Gasteiger partial charge in [0.05, 0.1) is 0 Å². The average molecular weight is 158 g/mol. The van der Waals surface area contributed by atoms with E-state index in [4.69, 9.17) is 0 Å². The highest BCUT2D eigenvalue weighted by molar-refractivity contribution is 8.18. The first-order valence-corrected chi connectivity index (χ1v) is 2.99.